The third kappa shape index (κ3) is 6.09. The molecule has 3 aromatic carbocycles. The highest BCUT2D eigenvalue weighted by molar-refractivity contribution is 7.59. The first-order valence-corrected chi connectivity index (χ1v) is 18.3. The molecule has 0 aromatic heterocycles. The molecule has 236 valence electrons. The molecule has 45 heavy (non-hydrogen) atoms. The minimum atomic E-state index is -3.71. The van der Waals surface area contributed by atoms with Crippen LogP contribution in [0.1, 0.15) is 68.1 Å². The number of rotatable bonds is 11. The molecule has 4 saturated carbocycles. The summed E-state index contributed by atoms with van der Waals surface area (Å²) in [6.07, 6.45) is 5.59. The molecule has 1 amide bonds. The van der Waals surface area contributed by atoms with Crippen LogP contribution in [0.2, 0.25) is 0 Å². The number of hydrogen-bond donors (Lipinski definition) is 2. The van der Waals surface area contributed by atoms with Gasteiger partial charge in [-0.2, -0.15) is 0 Å². The van der Waals surface area contributed by atoms with E-state index < -0.39 is 36.7 Å². The second kappa shape index (κ2) is 12.1. The van der Waals surface area contributed by atoms with E-state index in [9.17, 15) is 14.7 Å². The van der Waals surface area contributed by atoms with Crippen molar-refractivity contribution >= 4 is 19.4 Å². The molecule has 0 spiro atoms. The van der Waals surface area contributed by atoms with Crippen molar-refractivity contribution in [1.82, 2.24) is 5.32 Å². The molecule has 7 nitrogen and oxygen atoms in total. The first-order chi connectivity index (χ1) is 21.7. The van der Waals surface area contributed by atoms with E-state index >= 15 is 4.57 Å². The van der Waals surface area contributed by atoms with Gasteiger partial charge >= 0.3 is 12.1 Å². The van der Waals surface area contributed by atoms with Crippen LogP contribution < -0.4 is 5.32 Å². The molecule has 2 N–H and O–H groups in total. The Labute approximate surface area is 265 Å². The van der Waals surface area contributed by atoms with Gasteiger partial charge in [-0.15, -0.1) is 0 Å². The Bertz CT molecular complexity index is 1540. The minimum Gasteiger partial charge on any atom is -0.481 e. The second-order valence-electron chi connectivity index (χ2n) is 14.0. The van der Waals surface area contributed by atoms with Gasteiger partial charge < -0.3 is 19.7 Å². The monoisotopic (exact) mass is 627 g/mol. The number of carboxylic acid groups (broad SMARTS) is 1. The number of benzene rings is 3. The van der Waals surface area contributed by atoms with Crippen LogP contribution in [0.25, 0.3) is 11.1 Å². The van der Waals surface area contributed by atoms with Crippen LogP contribution in [-0.4, -0.2) is 41.3 Å². The zero-order valence-electron chi connectivity index (χ0n) is 25.8. The van der Waals surface area contributed by atoms with Gasteiger partial charge in [-0.3, -0.25) is 9.36 Å². The molecule has 3 atom stereocenters. The normalized spacial score (nSPS) is 27.2. The van der Waals surface area contributed by atoms with Crippen molar-refractivity contribution < 1.29 is 28.5 Å². The summed E-state index contributed by atoms with van der Waals surface area (Å²) >= 11 is 0. The van der Waals surface area contributed by atoms with Gasteiger partial charge in [0.1, 0.15) is 12.4 Å². The van der Waals surface area contributed by atoms with Crippen molar-refractivity contribution in [3.63, 3.8) is 0 Å². The summed E-state index contributed by atoms with van der Waals surface area (Å²) in [4.78, 5) is 25.9. The minimum absolute atomic E-state index is 0.101. The van der Waals surface area contributed by atoms with E-state index in [4.69, 9.17) is 9.26 Å². The number of amides is 1. The van der Waals surface area contributed by atoms with Gasteiger partial charge in [0.15, 0.2) is 0 Å². The summed E-state index contributed by atoms with van der Waals surface area (Å²) in [5.74, 6) is -1.24. The summed E-state index contributed by atoms with van der Waals surface area (Å²) in [7, 11) is -3.71. The molecule has 0 heterocycles. The van der Waals surface area contributed by atoms with Gasteiger partial charge in [0.2, 0.25) is 7.37 Å². The molecule has 3 unspecified atom stereocenters. The Balaban J connectivity index is 1.10. The maximum Gasteiger partial charge on any atom is 0.407 e. The van der Waals surface area contributed by atoms with Gasteiger partial charge in [0.05, 0.1) is 11.5 Å². The van der Waals surface area contributed by atoms with Gasteiger partial charge in [0, 0.05) is 12.1 Å². The summed E-state index contributed by atoms with van der Waals surface area (Å²) in [6.45, 7) is 1.82. The van der Waals surface area contributed by atoms with E-state index in [1.807, 2.05) is 54.6 Å². The lowest BCUT2D eigenvalue weighted by Crippen LogP contribution is -2.52. The average molecular weight is 628 g/mol. The molecule has 5 aliphatic rings. The first-order valence-electron chi connectivity index (χ1n) is 16.4. The molecule has 5 aliphatic carbocycles. The zero-order valence-corrected chi connectivity index (χ0v) is 26.7. The Morgan fingerprint density at radius 1 is 0.867 bits per heavy atom. The lowest BCUT2D eigenvalue weighted by atomic mass is 9.54. The van der Waals surface area contributed by atoms with Gasteiger partial charge in [-0.25, -0.2) is 4.79 Å². The molecule has 4 fully saturated rings. The highest BCUT2D eigenvalue weighted by Gasteiger charge is 2.55. The summed E-state index contributed by atoms with van der Waals surface area (Å²) in [6, 6.07) is 25.7. The quantitative estimate of drug-likeness (QED) is 0.209. The Hall–Kier alpha value is -3.41. The first kappa shape index (κ1) is 30.3. The van der Waals surface area contributed by atoms with Crippen molar-refractivity contribution in [2.45, 2.75) is 69.2 Å². The fourth-order valence-electron chi connectivity index (χ4n) is 9.09. The number of aliphatic carboxylic acids is 1. The maximum atomic E-state index is 15.1. The van der Waals surface area contributed by atoms with Crippen LogP contribution >= 0.6 is 7.37 Å². The molecular weight excluding hydrogens is 585 g/mol. The number of carbonyl (C=O) groups is 2. The second-order valence-corrected chi connectivity index (χ2v) is 16.7. The van der Waals surface area contributed by atoms with Crippen LogP contribution in [-0.2, 0) is 25.0 Å². The molecule has 3 aromatic rings. The van der Waals surface area contributed by atoms with E-state index in [2.05, 4.69) is 29.6 Å². The number of alkyl carbamates (subject to hydrolysis) is 1. The third-order valence-electron chi connectivity index (χ3n) is 10.7. The molecule has 0 aliphatic heterocycles. The van der Waals surface area contributed by atoms with E-state index in [1.54, 1.807) is 6.92 Å². The maximum absolute atomic E-state index is 15.1. The summed E-state index contributed by atoms with van der Waals surface area (Å²) in [5, 5.41) is 13.1. The SMILES string of the molecule is CC(NC(=O)OCC1c2ccccc2-c2ccccc21)P(=O)(CC(Cc1ccccc1)C(=O)O)OC12CC3CC(CC(C3)C1)C2. The molecule has 4 bridgehead atoms. The predicted octanol–water partition coefficient (Wildman–Crippen LogP) is 8.08. The van der Waals surface area contributed by atoms with E-state index in [0.717, 1.165) is 47.1 Å². The summed E-state index contributed by atoms with van der Waals surface area (Å²) in [5.41, 5.74) is 4.85. The largest absolute Gasteiger partial charge is 0.481 e. The number of nitrogens with one attached hydrogen (secondary N) is 1. The number of carboxylic acids is 1. The van der Waals surface area contributed by atoms with Crippen LogP contribution in [0.4, 0.5) is 4.79 Å². The lowest BCUT2D eigenvalue weighted by molar-refractivity contribution is -0.141. The molecule has 8 heteroatoms. The Morgan fingerprint density at radius 2 is 1.40 bits per heavy atom. The standard InChI is InChI=1S/C37H42NO6P/c1-24(38-36(41)43-22-34-32-13-7-5-11-30(32)31-12-6-8-14-33(31)34)45(42,23-29(35(39)40)18-25-9-3-2-4-10-25)44-37-19-26-15-27(20-37)17-28(16-26)21-37/h2-14,24,26-29,34H,15-23H2,1H3,(H,38,41)(H,39,40). The van der Waals surface area contributed by atoms with Crippen LogP contribution in [0.15, 0.2) is 78.9 Å². The van der Waals surface area contributed by atoms with Crippen molar-refractivity contribution in [3.05, 3.63) is 95.6 Å². The van der Waals surface area contributed by atoms with Crippen molar-refractivity contribution in [2.75, 3.05) is 12.8 Å². The highest BCUT2D eigenvalue weighted by atomic mass is 31.2. The zero-order chi connectivity index (χ0) is 31.2. The van der Waals surface area contributed by atoms with E-state index in [0.29, 0.717) is 17.8 Å². The number of hydrogen-bond acceptors (Lipinski definition) is 5. The van der Waals surface area contributed by atoms with Gasteiger partial charge in [-0.1, -0.05) is 78.9 Å². The van der Waals surface area contributed by atoms with Crippen molar-refractivity contribution in [1.29, 1.82) is 0 Å². The van der Waals surface area contributed by atoms with Crippen molar-refractivity contribution in [2.24, 2.45) is 23.7 Å². The van der Waals surface area contributed by atoms with Gasteiger partial charge in [0.25, 0.3) is 0 Å². The smallest absolute Gasteiger partial charge is 0.407 e. The van der Waals surface area contributed by atoms with E-state index in [-0.39, 0.29) is 25.1 Å². The Kier molecular flexibility index (Phi) is 8.12. The fourth-order valence-corrected chi connectivity index (χ4v) is 11.7. The number of ether oxygens (including phenoxy) is 1. The van der Waals surface area contributed by atoms with E-state index in [1.165, 1.54) is 19.3 Å². The van der Waals surface area contributed by atoms with Crippen LogP contribution in [0.5, 0.6) is 0 Å². The molecule has 8 rings (SSSR count). The van der Waals surface area contributed by atoms with Gasteiger partial charge in [-0.05, 0) is 97.4 Å². The predicted molar refractivity (Wildman–Crippen MR) is 173 cm³/mol. The lowest BCUT2D eigenvalue weighted by Gasteiger charge is -2.57. The summed E-state index contributed by atoms with van der Waals surface area (Å²) < 4.78 is 27.7. The highest BCUT2D eigenvalue weighted by Crippen LogP contribution is 2.64. The Morgan fingerprint density at radius 3 is 1.96 bits per heavy atom. The average Bonchev–Trinajstić information content (AvgIpc) is 3.33. The third-order valence-corrected chi connectivity index (χ3v) is 13.7. The molecular formula is C37H42NO6P. The van der Waals surface area contributed by atoms with Crippen LogP contribution in [0.3, 0.4) is 0 Å². The van der Waals surface area contributed by atoms with Crippen molar-refractivity contribution in [3.8, 4) is 11.1 Å². The molecule has 0 saturated heterocycles. The topological polar surface area (TPSA) is 102 Å². The molecule has 0 radical (unpaired) electrons. The van der Waals surface area contributed by atoms with Crippen LogP contribution in [0, 0.1) is 23.7 Å². The number of fused-ring (bicyclic) bond motifs is 3. The fraction of sp³-hybridized carbons (Fsp3) is 0.459. The number of carbonyl (C=O) groups excluding carboxylic acids is 1.